The van der Waals surface area contributed by atoms with Crippen molar-refractivity contribution in [3.63, 3.8) is 0 Å². The third-order valence-corrected chi connectivity index (χ3v) is 2.94. The number of nitrogens with one attached hydrogen (secondary N) is 1. The standard InChI is InChI=1S/C14H14N2O4/c1-2-5-16(8-13(18)19)14(20)9-3-4-11-10(6-9)7-12(17)15-11/h2-4,6H,1,5,7-8H2,(H,15,17)(H,18,19). The van der Waals surface area contributed by atoms with E-state index in [9.17, 15) is 14.4 Å². The zero-order valence-corrected chi connectivity index (χ0v) is 10.8. The van der Waals surface area contributed by atoms with Gasteiger partial charge in [-0.2, -0.15) is 0 Å². The topological polar surface area (TPSA) is 86.7 Å². The molecule has 0 fully saturated rings. The third kappa shape index (κ3) is 2.85. The van der Waals surface area contributed by atoms with Gasteiger partial charge in [-0.05, 0) is 23.8 Å². The number of aliphatic carboxylic acids is 1. The first kappa shape index (κ1) is 13.8. The average molecular weight is 274 g/mol. The fourth-order valence-electron chi connectivity index (χ4n) is 2.08. The highest BCUT2D eigenvalue weighted by Gasteiger charge is 2.22. The quantitative estimate of drug-likeness (QED) is 0.781. The summed E-state index contributed by atoms with van der Waals surface area (Å²) in [5, 5.41) is 11.5. The van der Waals surface area contributed by atoms with E-state index in [2.05, 4.69) is 11.9 Å². The molecule has 2 amide bonds. The molecule has 2 N–H and O–H groups in total. The SMILES string of the molecule is C=CCN(CC(=O)O)C(=O)c1ccc2c(c1)CC(=O)N2. The summed E-state index contributed by atoms with van der Waals surface area (Å²) in [4.78, 5) is 35.5. The van der Waals surface area contributed by atoms with Crippen molar-refractivity contribution in [3.8, 4) is 0 Å². The molecule has 104 valence electrons. The number of hydrogen-bond donors (Lipinski definition) is 2. The number of anilines is 1. The van der Waals surface area contributed by atoms with Crippen molar-refractivity contribution in [1.29, 1.82) is 0 Å². The minimum absolute atomic E-state index is 0.113. The number of carboxylic acids is 1. The summed E-state index contributed by atoms with van der Waals surface area (Å²) < 4.78 is 0. The monoisotopic (exact) mass is 274 g/mol. The van der Waals surface area contributed by atoms with Crippen molar-refractivity contribution in [2.45, 2.75) is 6.42 Å². The summed E-state index contributed by atoms with van der Waals surface area (Å²) in [6.45, 7) is 3.27. The van der Waals surface area contributed by atoms with Gasteiger partial charge < -0.3 is 15.3 Å². The van der Waals surface area contributed by atoms with Crippen molar-refractivity contribution < 1.29 is 19.5 Å². The van der Waals surface area contributed by atoms with E-state index in [-0.39, 0.29) is 25.4 Å². The van der Waals surface area contributed by atoms with Gasteiger partial charge in [-0.1, -0.05) is 6.08 Å². The molecular weight excluding hydrogens is 260 g/mol. The van der Waals surface area contributed by atoms with Crippen molar-refractivity contribution in [2.24, 2.45) is 0 Å². The van der Waals surface area contributed by atoms with E-state index in [1.165, 1.54) is 11.0 Å². The Morgan fingerprint density at radius 2 is 2.20 bits per heavy atom. The van der Waals surface area contributed by atoms with E-state index in [1.54, 1.807) is 18.2 Å². The van der Waals surface area contributed by atoms with Crippen LogP contribution in [-0.4, -0.2) is 40.9 Å². The molecule has 0 saturated heterocycles. The maximum absolute atomic E-state index is 12.3. The summed E-state index contributed by atoms with van der Waals surface area (Å²) in [6.07, 6.45) is 1.70. The lowest BCUT2D eigenvalue weighted by atomic mass is 10.1. The van der Waals surface area contributed by atoms with Gasteiger partial charge in [0.25, 0.3) is 5.91 Å². The smallest absolute Gasteiger partial charge is 0.323 e. The highest BCUT2D eigenvalue weighted by molar-refractivity contribution is 6.02. The van der Waals surface area contributed by atoms with Crippen molar-refractivity contribution in [1.82, 2.24) is 4.90 Å². The molecule has 6 nitrogen and oxygen atoms in total. The maximum atomic E-state index is 12.3. The van der Waals surface area contributed by atoms with Gasteiger partial charge in [0.05, 0.1) is 6.42 Å². The molecule has 0 aliphatic carbocycles. The van der Waals surface area contributed by atoms with E-state index in [0.29, 0.717) is 11.3 Å². The maximum Gasteiger partial charge on any atom is 0.323 e. The van der Waals surface area contributed by atoms with Crippen LogP contribution in [0.3, 0.4) is 0 Å². The predicted octanol–water partition coefficient (Wildman–Crippen LogP) is 0.894. The van der Waals surface area contributed by atoms with Crippen molar-refractivity contribution >= 4 is 23.5 Å². The molecule has 1 aliphatic rings. The summed E-state index contributed by atoms with van der Waals surface area (Å²) in [5.41, 5.74) is 1.80. The van der Waals surface area contributed by atoms with E-state index < -0.39 is 11.9 Å². The molecule has 0 unspecified atom stereocenters. The number of carbonyl (C=O) groups excluding carboxylic acids is 2. The number of carboxylic acid groups (broad SMARTS) is 1. The van der Waals surface area contributed by atoms with Gasteiger partial charge >= 0.3 is 5.97 Å². The first-order valence-electron chi connectivity index (χ1n) is 6.06. The minimum atomic E-state index is -1.08. The number of benzene rings is 1. The van der Waals surface area contributed by atoms with Gasteiger partial charge in [0.1, 0.15) is 6.54 Å². The Balaban J connectivity index is 2.23. The molecule has 0 bridgehead atoms. The number of fused-ring (bicyclic) bond motifs is 1. The van der Waals surface area contributed by atoms with Crippen LogP contribution in [0.2, 0.25) is 0 Å². The Morgan fingerprint density at radius 3 is 2.85 bits per heavy atom. The Hall–Kier alpha value is -2.63. The molecule has 2 rings (SSSR count). The second kappa shape index (κ2) is 5.56. The van der Waals surface area contributed by atoms with E-state index in [0.717, 1.165) is 5.56 Å². The first-order chi connectivity index (χ1) is 9.51. The molecule has 0 atom stereocenters. The highest BCUT2D eigenvalue weighted by atomic mass is 16.4. The summed E-state index contributed by atoms with van der Waals surface area (Å²) in [5.74, 6) is -1.59. The van der Waals surface area contributed by atoms with E-state index >= 15 is 0 Å². The molecule has 1 aromatic carbocycles. The van der Waals surface area contributed by atoms with Crippen LogP contribution in [-0.2, 0) is 16.0 Å². The van der Waals surface area contributed by atoms with Crippen molar-refractivity contribution in [2.75, 3.05) is 18.4 Å². The first-order valence-corrected chi connectivity index (χ1v) is 6.06. The fraction of sp³-hybridized carbons (Fsp3) is 0.214. The predicted molar refractivity (Wildman–Crippen MR) is 72.5 cm³/mol. The minimum Gasteiger partial charge on any atom is -0.480 e. The zero-order chi connectivity index (χ0) is 14.7. The van der Waals surface area contributed by atoms with E-state index in [4.69, 9.17) is 5.11 Å². The van der Waals surface area contributed by atoms with Gasteiger partial charge in [0.2, 0.25) is 5.91 Å². The number of hydrogen-bond acceptors (Lipinski definition) is 3. The molecule has 20 heavy (non-hydrogen) atoms. The van der Waals surface area contributed by atoms with Crippen LogP contribution >= 0.6 is 0 Å². The Labute approximate surface area is 115 Å². The molecule has 0 radical (unpaired) electrons. The van der Waals surface area contributed by atoms with E-state index in [1.807, 2.05) is 0 Å². The second-order valence-corrected chi connectivity index (χ2v) is 4.46. The number of carbonyl (C=O) groups is 3. The van der Waals surface area contributed by atoms with Gasteiger partial charge in [-0.25, -0.2) is 0 Å². The lowest BCUT2D eigenvalue weighted by Crippen LogP contribution is -2.35. The van der Waals surface area contributed by atoms with Crippen LogP contribution in [0, 0.1) is 0 Å². The lowest BCUT2D eigenvalue weighted by Gasteiger charge is -2.19. The average Bonchev–Trinajstić information content (AvgIpc) is 2.75. The van der Waals surface area contributed by atoms with Crippen LogP contribution in [0.1, 0.15) is 15.9 Å². The third-order valence-electron chi connectivity index (χ3n) is 2.94. The number of rotatable bonds is 5. The highest BCUT2D eigenvalue weighted by Crippen LogP contribution is 2.24. The fourth-order valence-corrected chi connectivity index (χ4v) is 2.08. The van der Waals surface area contributed by atoms with Gasteiger partial charge in [-0.15, -0.1) is 6.58 Å². The zero-order valence-electron chi connectivity index (χ0n) is 10.8. The van der Waals surface area contributed by atoms with Crippen molar-refractivity contribution in [3.05, 3.63) is 42.0 Å². The number of nitrogens with zero attached hydrogens (tertiary/aromatic N) is 1. The van der Waals surface area contributed by atoms with Gasteiger partial charge in [0.15, 0.2) is 0 Å². The molecule has 1 aliphatic heterocycles. The van der Waals surface area contributed by atoms with Crippen LogP contribution in [0.25, 0.3) is 0 Å². The number of amides is 2. The molecule has 0 spiro atoms. The Morgan fingerprint density at radius 1 is 1.45 bits per heavy atom. The largest absolute Gasteiger partial charge is 0.480 e. The van der Waals surface area contributed by atoms with Crippen LogP contribution in [0.5, 0.6) is 0 Å². The normalized spacial score (nSPS) is 12.5. The summed E-state index contributed by atoms with van der Waals surface area (Å²) in [6, 6.07) is 4.85. The van der Waals surface area contributed by atoms with Crippen LogP contribution in [0.4, 0.5) is 5.69 Å². The molecular formula is C14H14N2O4. The Kier molecular flexibility index (Phi) is 3.84. The van der Waals surface area contributed by atoms with Crippen LogP contribution in [0.15, 0.2) is 30.9 Å². The van der Waals surface area contributed by atoms with Gasteiger partial charge in [0, 0.05) is 17.8 Å². The second-order valence-electron chi connectivity index (χ2n) is 4.46. The Bertz CT molecular complexity index is 595. The lowest BCUT2D eigenvalue weighted by molar-refractivity contribution is -0.137. The summed E-state index contributed by atoms with van der Waals surface area (Å²) >= 11 is 0. The molecule has 0 aromatic heterocycles. The molecule has 1 heterocycles. The summed E-state index contributed by atoms with van der Waals surface area (Å²) in [7, 11) is 0. The molecule has 1 aromatic rings. The molecule has 6 heteroatoms. The van der Waals surface area contributed by atoms with Gasteiger partial charge in [-0.3, -0.25) is 14.4 Å². The molecule has 0 saturated carbocycles. The van der Waals surface area contributed by atoms with Crippen LogP contribution < -0.4 is 5.32 Å².